The lowest BCUT2D eigenvalue weighted by molar-refractivity contribution is -0.122. The molecule has 5 nitrogen and oxygen atoms in total. The molecule has 2 aromatic rings. The predicted octanol–water partition coefficient (Wildman–Crippen LogP) is 1.28. The highest BCUT2D eigenvalue weighted by atomic mass is 16.3. The lowest BCUT2D eigenvalue weighted by Crippen LogP contribution is -2.41. The maximum atomic E-state index is 12.0. The van der Waals surface area contributed by atoms with Crippen molar-refractivity contribution in [2.24, 2.45) is 5.73 Å². The van der Waals surface area contributed by atoms with Crippen LogP contribution in [0.15, 0.2) is 42.5 Å². The number of pyridine rings is 1. The number of benzene rings is 1. The van der Waals surface area contributed by atoms with Gasteiger partial charge in [0.25, 0.3) is 0 Å². The first-order valence-corrected chi connectivity index (χ1v) is 6.78. The van der Waals surface area contributed by atoms with Crippen LogP contribution in [0.5, 0.6) is 5.75 Å². The number of nitrogens with one attached hydrogen (secondary N) is 1. The summed E-state index contributed by atoms with van der Waals surface area (Å²) >= 11 is 0. The van der Waals surface area contributed by atoms with Crippen LogP contribution < -0.4 is 11.1 Å². The first-order chi connectivity index (χ1) is 10.0. The molecule has 1 heterocycles. The van der Waals surface area contributed by atoms with Crippen molar-refractivity contribution in [1.29, 1.82) is 0 Å². The molecule has 0 aliphatic carbocycles. The van der Waals surface area contributed by atoms with Crippen LogP contribution in [0.1, 0.15) is 17.0 Å². The molecule has 0 saturated heterocycles. The van der Waals surface area contributed by atoms with E-state index in [1.165, 1.54) is 0 Å². The molecule has 5 heteroatoms. The first kappa shape index (κ1) is 15.0. The van der Waals surface area contributed by atoms with E-state index in [9.17, 15) is 9.90 Å². The lowest BCUT2D eigenvalue weighted by atomic mass is 10.1. The second-order valence-corrected chi connectivity index (χ2v) is 4.97. The van der Waals surface area contributed by atoms with Crippen LogP contribution in [0, 0.1) is 6.92 Å². The van der Waals surface area contributed by atoms with Crippen LogP contribution >= 0.6 is 0 Å². The molecular formula is C16H19N3O2. The average Bonchev–Trinajstić information content (AvgIpc) is 2.47. The van der Waals surface area contributed by atoms with Crippen LogP contribution in [-0.4, -0.2) is 22.0 Å². The van der Waals surface area contributed by atoms with Crippen molar-refractivity contribution < 1.29 is 9.90 Å². The quantitative estimate of drug-likeness (QED) is 0.772. The minimum absolute atomic E-state index is 0.197. The summed E-state index contributed by atoms with van der Waals surface area (Å²) in [6, 6.07) is 11.7. The van der Waals surface area contributed by atoms with Gasteiger partial charge in [-0.15, -0.1) is 0 Å². The smallest absolute Gasteiger partial charge is 0.237 e. The minimum atomic E-state index is -0.626. The zero-order chi connectivity index (χ0) is 15.2. The summed E-state index contributed by atoms with van der Waals surface area (Å²) in [5.74, 6) is -0.0197. The fourth-order valence-electron chi connectivity index (χ4n) is 1.99. The number of rotatable bonds is 5. The molecule has 0 unspecified atom stereocenters. The number of aromatic hydroxyl groups is 1. The number of carbonyl (C=O) groups is 1. The second kappa shape index (κ2) is 6.85. The Bertz CT molecular complexity index is 611. The molecule has 0 aliphatic heterocycles. The van der Waals surface area contributed by atoms with E-state index in [-0.39, 0.29) is 11.7 Å². The molecule has 0 radical (unpaired) electrons. The Labute approximate surface area is 123 Å². The fourth-order valence-corrected chi connectivity index (χ4v) is 1.99. The van der Waals surface area contributed by atoms with Gasteiger partial charge in [0, 0.05) is 5.69 Å². The standard InChI is InChI=1S/C16H19N3O2/c1-11-3-2-4-13(19-11)10-18-16(21)15(17)9-12-5-7-14(20)8-6-12/h2-8,15,20H,9-10,17H2,1H3,(H,18,21)/t15-/m1/s1. The molecule has 0 saturated carbocycles. The molecule has 1 aromatic heterocycles. The van der Waals surface area contributed by atoms with Crippen LogP contribution in [-0.2, 0) is 17.8 Å². The van der Waals surface area contributed by atoms with Crippen molar-refractivity contribution in [1.82, 2.24) is 10.3 Å². The normalized spacial score (nSPS) is 11.9. The Morgan fingerprint density at radius 1 is 1.29 bits per heavy atom. The van der Waals surface area contributed by atoms with Crippen molar-refractivity contribution in [2.75, 3.05) is 0 Å². The van der Waals surface area contributed by atoms with E-state index in [1.807, 2.05) is 25.1 Å². The number of phenols is 1. The summed E-state index contributed by atoms with van der Waals surface area (Å²) in [5.41, 5.74) is 8.51. The molecule has 0 fully saturated rings. The van der Waals surface area contributed by atoms with Crippen LogP contribution in [0.3, 0.4) is 0 Å². The van der Waals surface area contributed by atoms with E-state index in [1.54, 1.807) is 24.3 Å². The van der Waals surface area contributed by atoms with Gasteiger partial charge in [0.15, 0.2) is 0 Å². The van der Waals surface area contributed by atoms with Gasteiger partial charge in [-0.05, 0) is 43.2 Å². The van der Waals surface area contributed by atoms with Gasteiger partial charge >= 0.3 is 0 Å². The van der Waals surface area contributed by atoms with E-state index in [0.717, 1.165) is 17.0 Å². The monoisotopic (exact) mass is 285 g/mol. The lowest BCUT2D eigenvalue weighted by Gasteiger charge is -2.12. The van der Waals surface area contributed by atoms with Crippen LogP contribution in [0.25, 0.3) is 0 Å². The van der Waals surface area contributed by atoms with Gasteiger partial charge in [0.05, 0.1) is 18.3 Å². The Morgan fingerprint density at radius 3 is 2.67 bits per heavy atom. The van der Waals surface area contributed by atoms with Crippen molar-refractivity contribution in [3.8, 4) is 5.75 Å². The van der Waals surface area contributed by atoms with Crippen molar-refractivity contribution in [2.45, 2.75) is 25.9 Å². The van der Waals surface area contributed by atoms with Crippen molar-refractivity contribution >= 4 is 5.91 Å². The molecule has 1 atom stereocenters. The van der Waals surface area contributed by atoms with Gasteiger partial charge in [-0.3, -0.25) is 9.78 Å². The summed E-state index contributed by atoms with van der Waals surface area (Å²) in [6.45, 7) is 2.27. The molecule has 2 rings (SSSR count). The number of nitrogens with two attached hydrogens (primary N) is 1. The second-order valence-electron chi connectivity index (χ2n) is 4.97. The van der Waals surface area contributed by atoms with Crippen LogP contribution in [0.4, 0.5) is 0 Å². The molecule has 21 heavy (non-hydrogen) atoms. The third kappa shape index (κ3) is 4.57. The highest BCUT2D eigenvalue weighted by molar-refractivity contribution is 5.81. The molecule has 110 valence electrons. The maximum absolute atomic E-state index is 12.0. The Kier molecular flexibility index (Phi) is 4.90. The Morgan fingerprint density at radius 2 is 2.00 bits per heavy atom. The largest absolute Gasteiger partial charge is 0.508 e. The van der Waals surface area contributed by atoms with Gasteiger partial charge in [0.2, 0.25) is 5.91 Å². The van der Waals surface area contributed by atoms with Crippen molar-refractivity contribution in [3.63, 3.8) is 0 Å². The molecule has 1 aromatic carbocycles. The van der Waals surface area contributed by atoms with Crippen LogP contribution in [0.2, 0.25) is 0 Å². The Balaban J connectivity index is 1.86. The number of hydrogen-bond acceptors (Lipinski definition) is 4. The van der Waals surface area contributed by atoms with Gasteiger partial charge < -0.3 is 16.2 Å². The zero-order valence-corrected chi connectivity index (χ0v) is 11.9. The number of carbonyl (C=O) groups excluding carboxylic acids is 1. The van der Waals surface area contributed by atoms with E-state index in [4.69, 9.17) is 5.73 Å². The summed E-state index contributed by atoms with van der Waals surface area (Å²) in [6.07, 6.45) is 0.424. The number of nitrogens with zero attached hydrogens (tertiary/aromatic N) is 1. The van der Waals surface area contributed by atoms with Gasteiger partial charge in [-0.2, -0.15) is 0 Å². The molecule has 0 spiro atoms. The SMILES string of the molecule is Cc1cccc(CNC(=O)[C@H](N)Cc2ccc(O)cc2)n1. The summed E-state index contributed by atoms with van der Waals surface area (Å²) < 4.78 is 0. The topological polar surface area (TPSA) is 88.2 Å². The van der Waals surface area contributed by atoms with E-state index >= 15 is 0 Å². The molecule has 1 amide bonds. The number of aryl methyl sites for hydroxylation is 1. The van der Waals surface area contributed by atoms with Gasteiger partial charge in [-0.25, -0.2) is 0 Å². The number of aromatic nitrogens is 1. The highest BCUT2D eigenvalue weighted by Gasteiger charge is 2.13. The van der Waals surface area contributed by atoms with E-state index in [2.05, 4.69) is 10.3 Å². The number of amides is 1. The summed E-state index contributed by atoms with van der Waals surface area (Å²) in [7, 11) is 0. The number of hydrogen-bond donors (Lipinski definition) is 3. The maximum Gasteiger partial charge on any atom is 0.237 e. The summed E-state index contributed by atoms with van der Waals surface area (Å²) in [5, 5.41) is 12.0. The van der Waals surface area contributed by atoms with E-state index < -0.39 is 6.04 Å². The van der Waals surface area contributed by atoms with Crippen molar-refractivity contribution in [3.05, 3.63) is 59.4 Å². The zero-order valence-electron chi connectivity index (χ0n) is 11.9. The number of phenolic OH excluding ortho intramolecular Hbond substituents is 1. The first-order valence-electron chi connectivity index (χ1n) is 6.78. The Hall–Kier alpha value is -2.40. The molecule has 0 aliphatic rings. The summed E-state index contributed by atoms with van der Waals surface area (Å²) in [4.78, 5) is 16.3. The predicted molar refractivity (Wildman–Crippen MR) is 80.6 cm³/mol. The third-order valence-electron chi connectivity index (χ3n) is 3.12. The third-order valence-corrected chi connectivity index (χ3v) is 3.12. The fraction of sp³-hybridized carbons (Fsp3) is 0.250. The molecular weight excluding hydrogens is 266 g/mol. The minimum Gasteiger partial charge on any atom is -0.508 e. The highest BCUT2D eigenvalue weighted by Crippen LogP contribution is 2.10. The molecule has 0 bridgehead atoms. The van der Waals surface area contributed by atoms with Gasteiger partial charge in [-0.1, -0.05) is 18.2 Å². The molecule has 4 N–H and O–H groups in total. The average molecular weight is 285 g/mol. The van der Waals surface area contributed by atoms with E-state index in [0.29, 0.717) is 13.0 Å². The van der Waals surface area contributed by atoms with Gasteiger partial charge in [0.1, 0.15) is 5.75 Å².